The van der Waals surface area contributed by atoms with Gasteiger partial charge in [-0.1, -0.05) is 12.1 Å². The van der Waals surface area contributed by atoms with Crippen molar-refractivity contribution in [2.75, 3.05) is 19.5 Å². The zero-order chi connectivity index (χ0) is 15.7. The van der Waals surface area contributed by atoms with Gasteiger partial charge < -0.3 is 25.2 Å². The summed E-state index contributed by atoms with van der Waals surface area (Å²) in [7, 11) is 3.06. The number of rotatable bonds is 3. The summed E-state index contributed by atoms with van der Waals surface area (Å²) >= 11 is 0. The Morgan fingerprint density at radius 2 is 1.77 bits per heavy atom. The third kappa shape index (κ3) is 2.39. The quantitative estimate of drug-likeness (QED) is 0.810. The summed E-state index contributed by atoms with van der Waals surface area (Å²) in [5.41, 5.74) is 1.89. The Morgan fingerprint density at radius 1 is 1.05 bits per heavy atom. The second kappa shape index (κ2) is 5.48. The van der Waals surface area contributed by atoms with Crippen molar-refractivity contribution in [3.63, 3.8) is 0 Å². The summed E-state index contributed by atoms with van der Waals surface area (Å²) in [5.74, 6) is 0.960. The van der Waals surface area contributed by atoms with E-state index in [0.717, 1.165) is 5.56 Å². The van der Waals surface area contributed by atoms with Gasteiger partial charge in [0.2, 0.25) is 0 Å². The number of fused-ring (bicyclic) bond motifs is 1. The number of benzene rings is 2. The van der Waals surface area contributed by atoms with Crippen LogP contribution in [-0.2, 0) is 0 Å². The van der Waals surface area contributed by atoms with Crippen molar-refractivity contribution < 1.29 is 19.4 Å². The molecular weight excluding hydrogens is 284 g/mol. The summed E-state index contributed by atoms with van der Waals surface area (Å²) < 4.78 is 10.5. The Labute approximate surface area is 127 Å². The highest BCUT2D eigenvalue weighted by Gasteiger charge is 2.26. The number of carbonyl (C=O) groups excluding carboxylic acids is 1. The van der Waals surface area contributed by atoms with Gasteiger partial charge in [0.1, 0.15) is 11.9 Å². The normalized spacial score (nSPS) is 16.3. The van der Waals surface area contributed by atoms with Gasteiger partial charge in [-0.25, -0.2) is 0 Å². The van der Waals surface area contributed by atoms with Crippen molar-refractivity contribution in [2.24, 2.45) is 0 Å². The molecule has 0 radical (unpaired) electrons. The zero-order valence-electron chi connectivity index (χ0n) is 12.2. The van der Waals surface area contributed by atoms with E-state index in [4.69, 9.17) is 9.47 Å². The summed E-state index contributed by atoms with van der Waals surface area (Å²) in [5, 5.41) is 15.6. The molecule has 2 aromatic rings. The van der Waals surface area contributed by atoms with Crippen molar-refractivity contribution >= 4 is 11.6 Å². The van der Waals surface area contributed by atoms with Crippen LogP contribution in [0.3, 0.4) is 0 Å². The number of hydrogen-bond donors (Lipinski definition) is 3. The van der Waals surface area contributed by atoms with Gasteiger partial charge in [-0.3, -0.25) is 4.79 Å². The zero-order valence-corrected chi connectivity index (χ0v) is 12.2. The molecule has 3 N–H and O–H groups in total. The van der Waals surface area contributed by atoms with E-state index < -0.39 is 6.17 Å². The maximum atomic E-state index is 12.3. The minimum atomic E-state index is -0.426. The molecule has 1 atom stereocenters. The number of ether oxygens (including phenoxy) is 2. The SMILES string of the molecule is COc1cc2c(cc1OC)C(=O)NC(c1cccc(O)c1)N2. The third-order valence-corrected chi connectivity index (χ3v) is 3.55. The first-order valence-electron chi connectivity index (χ1n) is 6.74. The van der Waals surface area contributed by atoms with Crippen molar-refractivity contribution in [3.8, 4) is 17.2 Å². The second-order valence-corrected chi connectivity index (χ2v) is 4.90. The van der Waals surface area contributed by atoms with Gasteiger partial charge in [-0.2, -0.15) is 0 Å². The van der Waals surface area contributed by atoms with Gasteiger partial charge in [-0.15, -0.1) is 0 Å². The number of nitrogens with one attached hydrogen (secondary N) is 2. The number of methoxy groups -OCH3 is 2. The van der Waals surface area contributed by atoms with Crippen LogP contribution in [0.15, 0.2) is 36.4 Å². The standard InChI is InChI=1S/C16H16N2O4/c1-21-13-7-11-12(8-14(13)22-2)17-15(18-16(11)20)9-4-3-5-10(19)6-9/h3-8,15,17,19H,1-2H3,(H,18,20). The molecule has 1 unspecified atom stereocenters. The molecule has 0 bridgehead atoms. The highest BCUT2D eigenvalue weighted by molar-refractivity contribution is 6.02. The van der Waals surface area contributed by atoms with Crippen LogP contribution in [-0.4, -0.2) is 25.2 Å². The molecular formula is C16H16N2O4. The first-order chi connectivity index (χ1) is 10.6. The molecule has 0 spiro atoms. The highest BCUT2D eigenvalue weighted by atomic mass is 16.5. The van der Waals surface area contributed by atoms with Crippen LogP contribution in [0.25, 0.3) is 0 Å². The number of amides is 1. The molecule has 6 nitrogen and oxygen atoms in total. The maximum Gasteiger partial charge on any atom is 0.255 e. The molecule has 0 fully saturated rings. The van der Waals surface area contributed by atoms with Crippen LogP contribution in [0.5, 0.6) is 17.2 Å². The Bertz CT molecular complexity index is 730. The molecule has 0 aromatic heterocycles. The van der Waals surface area contributed by atoms with Crippen LogP contribution < -0.4 is 20.1 Å². The molecule has 1 aliphatic heterocycles. The lowest BCUT2D eigenvalue weighted by atomic mass is 10.0. The fourth-order valence-corrected chi connectivity index (χ4v) is 2.46. The van der Waals surface area contributed by atoms with Crippen LogP contribution in [0.4, 0.5) is 5.69 Å². The largest absolute Gasteiger partial charge is 0.508 e. The number of aromatic hydroxyl groups is 1. The van der Waals surface area contributed by atoms with Crippen LogP contribution in [0.2, 0.25) is 0 Å². The molecule has 2 aromatic carbocycles. The lowest BCUT2D eigenvalue weighted by Crippen LogP contribution is -2.38. The van der Waals surface area contributed by atoms with Crippen LogP contribution in [0, 0.1) is 0 Å². The molecule has 3 rings (SSSR count). The smallest absolute Gasteiger partial charge is 0.255 e. The van der Waals surface area contributed by atoms with Gasteiger partial charge in [0, 0.05) is 6.07 Å². The van der Waals surface area contributed by atoms with Gasteiger partial charge in [0.15, 0.2) is 11.5 Å². The van der Waals surface area contributed by atoms with E-state index in [1.165, 1.54) is 7.11 Å². The first-order valence-corrected chi connectivity index (χ1v) is 6.74. The summed E-state index contributed by atoms with van der Waals surface area (Å²) in [6, 6.07) is 10.1. The number of carbonyl (C=O) groups is 1. The molecule has 1 aliphatic rings. The minimum Gasteiger partial charge on any atom is -0.508 e. The van der Waals surface area contributed by atoms with Gasteiger partial charge in [-0.05, 0) is 23.8 Å². The topological polar surface area (TPSA) is 79.8 Å². The Morgan fingerprint density at radius 3 is 2.45 bits per heavy atom. The van der Waals surface area contributed by atoms with E-state index in [9.17, 15) is 9.90 Å². The van der Waals surface area contributed by atoms with Gasteiger partial charge in [0.25, 0.3) is 5.91 Å². The van der Waals surface area contributed by atoms with E-state index in [2.05, 4.69) is 10.6 Å². The first kappa shape index (κ1) is 14.1. The monoisotopic (exact) mass is 300 g/mol. The summed E-state index contributed by atoms with van der Waals surface area (Å²) in [6.07, 6.45) is -0.426. The van der Waals surface area contributed by atoms with E-state index in [-0.39, 0.29) is 11.7 Å². The Kier molecular flexibility index (Phi) is 3.50. The Hall–Kier alpha value is -2.89. The Balaban J connectivity index is 2.00. The van der Waals surface area contributed by atoms with Crippen LogP contribution in [0.1, 0.15) is 22.1 Å². The van der Waals surface area contributed by atoms with E-state index >= 15 is 0 Å². The van der Waals surface area contributed by atoms with Crippen molar-refractivity contribution in [3.05, 3.63) is 47.5 Å². The molecule has 1 amide bonds. The third-order valence-electron chi connectivity index (χ3n) is 3.55. The minimum absolute atomic E-state index is 0.145. The molecule has 22 heavy (non-hydrogen) atoms. The molecule has 0 saturated carbocycles. The predicted octanol–water partition coefficient (Wildman–Crippen LogP) is 2.26. The number of phenolic OH excluding ortho intramolecular Hbond substituents is 1. The molecule has 1 heterocycles. The predicted molar refractivity (Wildman–Crippen MR) is 81.5 cm³/mol. The molecule has 6 heteroatoms. The van der Waals surface area contributed by atoms with Gasteiger partial charge in [0.05, 0.1) is 25.5 Å². The average Bonchev–Trinajstić information content (AvgIpc) is 2.53. The summed E-state index contributed by atoms with van der Waals surface area (Å²) in [4.78, 5) is 12.3. The van der Waals surface area contributed by atoms with Crippen LogP contribution >= 0.6 is 0 Å². The summed E-state index contributed by atoms with van der Waals surface area (Å²) in [6.45, 7) is 0. The van der Waals surface area contributed by atoms with Crippen molar-refractivity contribution in [2.45, 2.75) is 6.17 Å². The van der Waals surface area contributed by atoms with E-state index in [1.807, 2.05) is 6.07 Å². The van der Waals surface area contributed by atoms with Crippen molar-refractivity contribution in [1.29, 1.82) is 0 Å². The van der Waals surface area contributed by atoms with E-state index in [1.54, 1.807) is 37.4 Å². The number of phenols is 1. The van der Waals surface area contributed by atoms with Crippen molar-refractivity contribution in [1.82, 2.24) is 5.32 Å². The molecule has 0 saturated heterocycles. The lowest BCUT2D eigenvalue weighted by molar-refractivity contribution is 0.0935. The fourth-order valence-electron chi connectivity index (χ4n) is 2.46. The lowest BCUT2D eigenvalue weighted by Gasteiger charge is -2.29. The average molecular weight is 300 g/mol. The molecule has 114 valence electrons. The van der Waals surface area contributed by atoms with E-state index in [0.29, 0.717) is 22.7 Å². The van der Waals surface area contributed by atoms with Gasteiger partial charge >= 0.3 is 0 Å². The number of hydrogen-bond acceptors (Lipinski definition) is 5. The number of anilines is 1. The molecule has 0 aliphatic carbocycles. The fraction of sp³-hybridized carbons (Fsp3) is 0.188. The highest BCUT2D eigenvalue weighted by Crippen LogP contribution is 2.36. The second-order valence-electron chi connectivity index (χ2n) is 4.90. The maximum absolute atomic E-state index is 12.3.